The molecule has 0 radical (unpaired) electrons. The number of nitrogen functional groups attached to an aromatic ring is 1. The number of anilines is 1. The summed E-state index contributed by atoms with van der Waals surface area (Å²) in [4.78, 5) is 8.56. The average molecular weight is 344 g/mol. The summed E-state index contributed by atoms with van der Waals surface area (Å²) < 4.78 is 29.5. The smallest absolute Gasteiger partial charge is 0.387 e. The Morgan fingerprint density at radius 1 is 1.32 bits per heavy atom. The normalized spacial score (nSPS) is 14.4. The monoisotopic (exact) mass is 344 g/mol. The third-order valence-corrected chi connectivity index (χ3v) is 4.24. The molecule has 0 unspecified atom stereocenters. The standard InChI is InChI=1S/C18H18F2N4O/c1-18(2,9-21)12-6-13(10-3-4-10)24-14(7-12)11-5-15(25-17(19)20)16(22)23-8-11/h5-8,10,17H,3-4H2,1-2H3,(H2,22,23). The van der Waals surface area contributed by atoms with Gasteiger partial charge < -0.3 is 10.5 Å². The van der Waals surface area contributed by atoms with Crippen LogP contribution in [0.4, 0.5) is 14.6 Å². The van der Waals surface area contributed by atoms with Crippen molar-refractivity contribution < 1.29 is 13.5 Å². The minimum Gasteiger partial charge on any atom is -0.431 e. The molecule has 1 aliphatic rings. The zero-order chi connectivity index (χ0) is 18.2. The molecule has 130 valence electrons. The molecule has 25 heavy (non-hydrogen) atoms. The van der Waals surface area contributed by atoms with Gasteiger partial charge in [0.15, 0.2) is 11.6 Å². The van der Waals surface area contributed by atoms with Crippen LogP contribution in [0.5, 0.6) is 5.75 Å². The average Bonchev–Trinajstić information content (AvgIpc) is 3.41. The second kappa shape index (κ2) is 6.28. The van der Waals surface area contributed by atoms with Crippen molar-refractivity contribution in [3.05, 3.63) is 35.7 Å². The Morgan fingerprint density at radius 2 is 2.04 bits per heavy atom. The fourth-order valence-electron chi connectivity index (χ4n) is 2.50. The lowest BCUT2D eigenvalue weighted by molar-refractivity contribution is -0.0494. The minimum absolute atomic E-state index is 0.111. The van der Waals surface area contributed by atoms with Gasteiger partial charge in [-0.25, -0.2) is 4.98 Å². The van der Waals surface area contributed by atoms with Crippen molar-refractivity contribution >= 4 is 5.82 Å². The van der Waals surface area contributed by atoms with E-state index in [0.29, 0.717) is 17.2 Å². The molecular weight excluding hydrogens is 326 g/mol. The summed E-state index contributed by atoms with van der Waals surface area (Å²) in [6.07, 6.45) is 3.58. The fourth-order valence-corrected chi connectivity index (χ4v) is 2.50. The third kappa shape index (κ3) is 3.68. The van der Waals surface area contributed by atoms with Crippen LogP contribution in [0.3, 0.4) is 0 Å². The lowest BCUT2D eigenvalue weighted by Crippen LogP contribution is -2.15. The van der Waals surface area contributed by atoms with E-state index in [0.717, 1.165) is 24.1 Å². The summed E-state index contributed by atoms with van der Waals surface area (Å²) in [5.41, 5.74) is 7.72. The lowest BCUT2D eigenvalue weighted by atomic mass is 9.85. The summed E-state index contributed by atoms with van der Waals surface area (Å²) >= 11 is 0. The lowest BCUT2D eigenvalue weighted by Gasteiger charge is -2.18. The van der Waals surface area contributed by atoms with Gasteiger partial charge in [0.05, 0.1) is 17.2 Å². The van der Waals surface area contributed by atoms with Gasteiger partial charge in [-0.05, 0) is 50.5 Å². The largest absolute Gasteiger partial charge is 0.431 e. The van der Waals surface area contributed by atoms with Gasteiger partial charge >= 0.3 is 6.61 Å². The third-order valence-electron chi connectivity index (χ3n) is 4.24. The number of nitriles is 1. The first-order valence-corrected chi connectivity index (χ1v) is 7.94. The molecule has 2 aromatic heterocycles. The summed E-state index contributed by atoms with van der Waals surface area (Å²) in [6, 6.07) is 7.42. The Labute approximate surface area is 144 Å². The van der Waals surface area contributed by atoms with Gasteiger partial charge in [0, 0.05) is 23.4 Å². The van der Waals surface area contributed by atoms with E-state index in [9.17, 15) is 14.0 Å². The van der Waals surface area contributed by atoms with Gasteiger partial charge in [-0.3, -0.25) is 4.98 Å². The minimum atomic E-state index is -2.99. The molecular formula is C18H18F2N4O. The van der Waals surface area contributed by atoms with Crippen molar-refractivity contribution in [2.45, 2.75) is 44.6 Å². The highest BCUT2D eigenvalue weighted by atomic mass is 19.3. The number of rotatable bonds is 5. The molecule has 5 nitrogen and oxygen atoms in total. The van der Waals surface area contributed by atoms with E-state index in [2.05, 4.69) is 20.8 Å². The Hall–Kier alpha value is -2.75. The van der Waals surface area contributed by atoms with Crippen molar-refractivity contribution in [2.75, 3.05) is 5.73 Å². The van der Waals surface area contributed by atoms with Gasteiger partial charge in [0.2, 0.25) is 0 Å². The van der Waals surface area contributed by atoms with Crippen molar-refractivity contribution in [2.24, 2.45) is 0 Å². The number of hydrogen-bond acceptors (Lipinski definition) is 5. The number of nitrogens with zero attached hydrogens (tertiary/aromatic N) is 3. The SMILES string of the molecule is CC(C)(C#N)c1cc(-c2cnc(N)c(OC(F)F)c2)nc(C2CC2)c1. The number of halogens is 2. The second-order valence-electron chi connectivity index (χ2n) is 6.66. The molecule has 0 atom stereocenters. The van der Waals surface area contributed by atoms with E-state index in [1.807, 2.05) is 19.9 Å². The van der Waals surface area contributed by atoms with Crippen molar-refractivity contribution in [1.82, 2.24) is 9.97 Å². The second-order valence-corrected chi connectivity index (χ2v) is 6.66. The van der Waals surface area contributed by atoms with E-state index in [4.69, 9.17) is 5.73 Å². The van der Waals surface area contributed by atoms with Crippen LogP contribution in [-0.4, -0.2) is 16.6 Å². The maximum Gasteiger partial charge on any atom is 0.387 e. The van der Waals surface area contributed by atoms with E-state index >= 15 is 0 Å². The first kappa shape index (κ1) is 17.1. The van der Waals surface area contributed by atoms with E-state index in [1.54, 1.807) is 6.07 Å². The molecule has 2 N–H and O–H groups in total. The molecule has 2 aromatic rings. The van der Waals surface area contributed by atoms with Crippen molar-refractivity contribution in [1.29, 1.82) is 5.26 Å². The molecule has 0 spiro atoms. The molecule has 3 rings (SSSR count). The van der Waals surface area contributed by atoms with Crippen LogP contribution in [0.1, 0.15) is 43.9 Å². The van der Waals surface area contributed by atoms with E-state index in [1.165, 1.54) is 12.3 Å². The Kier molecular flexibility index (Phi) is 4.29. The summed E-state index contributed by atoms with van der Waals surface area (Å²) in [5.74, 6) is 0.0823. The Bertz CT molecular complexity index is 841. The predicted octanol–water partition coefficient (Wildman–Crippen LogP) is 4.01. The van der Waals surface area contributed by atoms with Crippen LogP contribution < -0.4 is 10.5 Å². The van der Waals surface area contributed by atoms with Gasteiger partial charge in [0.25, 0.3) is 0 Å². The molecule has 0 amide bonds. The molecule has 0 bridgehead atoms. The highest BCUT2D eigenvalue weighted by molar-refractivity contribution is 5.65. The fraction of sp³-hybridized carbons (Fsp3) is 0.389. The summed E-state index contributed by atoms with van der Waals surface area (Å²) in [7, 11) is 0. The summed E-state index contributed by atoms with van der Waals surface area (Å²) in [5, 5.41) is 9.43. The number of alkyl halides is 2. The quantitative estimate of drug-likeness (QED) is 0.886. The molecule has 0 saturated heterocycles. The molecule has 1 aliphatic carbocycles. The van der Waals surface area contributed by atoms with Gasteiger partial charge in [-0.1, -0.05) is 0 Å². The molecule has 1 saturated carbocycles. The maximum absolute atomic E-state index is 12.5. The molecule has 7 heteroatoms. The van der Waals surface area contributed by atoms with Crippen LogP contribution >= 0.6 is 0 Å². The van der Waals surface area contributed by atoms with Crippen molar-refractivity contribution in [3.8, 4) is 23.1 Å². The van der Waals surface area contributed by atoms with Crippen LogP contribution in [0.25, 0.3) is 11.3 Å². The van der Waals surface area contributed by atoms with Crippen LogP contribution in [0.2, 0.25) is 0 Å². The zero-order valence-corrected chi connectivity index (χ0v) is 14.0. The number of pyridine rings is 2. The van der Waals surface area contributed by atoms with E-state index < -0.39 is 12.0 Å². The maximum atomic E-state index is 12.5. The van der Waals surface area contributed by atoms with Gasteiger partial charge in [0.1, 0.15) is 0 Å². The molecule has 0 aromatic carbocycles. The summed E-state index contributed by atoms with van der Waals surface area (Å²) in [6.45, 7) is 0.670. The van der Waals surface area contributed by atoms with Crippen molar-refractivity contribution in [3.63, 3.8) is 0 Å². The number of aromatic nitrogens is 2. The predicted molar refractivity (Wildman–Crippen MR) is 89.1 cm³/mol. The van der Waals surface area contributed by atoms with E-state index in [-0.39, 0.29) is 11.6 Å². The zero-order valence-electron chi connectivity index (χ0n) is 14.0. The Balaban J connectivity index is 2.09. The first-order valence-electron chi connectivity index (χ1n) is 7.94. The highest BCUT2D eigenvalue weighted by Crippen LogP contribution is 2.41. The van der Waals surface area contributed by atoms with Crippen LogP contribution in [-0.2, 0) is 5.41 Å². The molecule has 1 fully saturated rings. The number of hydrogen-bond donors (Lipinski definition) is 1. The Morgan fingerprint density at radius 3 is 2.64 bits per heavy atom. The molecule has 0 aliphatic heterocycles. The molecule has 2 heterocycles. The van der Waals surface area contributed by atoms with Crippen LogP contribution in [0, 0.1) is 11.3 Å². The van der Waals surface area contributed by atoms with Gasteiger partial charge in [-0.2, -0.15) is 14.0 Å². The first-order chi connectivity index (χ1) is 11.8. The van der Waals surface area contributed by atoms with Gasteiger partial charge in [-0.15, -0.1) is 0 Å². The number of ether oxygens (including phenoxy) is 1. The number of nitrogens with two attached hydrogens (primary N) is 1. The van der Waals surface area contributed by atoms with Crippen LogP contribution in [0.15, 0.2) is 24.4 Å². The highest BCUT2D eigenvalue weighted by Gasteiger charge is 2.29. The topological polar surface area (TPSA) is 84.8 Å².